The summed E-state index contributed by atoms with van der Waals surface area (Å²) < 4.78 is 0. The van der Waals surface area contributed by atoms with Crippen LogP contribution in [0.15, 0.2) is 36.0 Å². The van der Waals surface area contributed by atoms with Gasteiger partial charge < -0.3 is 10.2 Å². The molecule has 0 aromatic carbocycles. The molecule has 0 bridgehead atoms. The maximum absolute atomic E-state index is 9.73. The minimum atomic E-state index is -0.726. The van der Waals surface area contributed by atoms with E-state index < -0.39 is 5.60 Å². The van der Waals surface area contributed by atoms with Gasteiger partial charge in [-0.15, -0.1) is 6.58 Å². The third kappa shape index (κ3) is 16.6. The highest BCUT2D eigenvalue weighted by Crippen LogP contribution is 2.15. The SMILES string of the molecule is C=CC(C)(O)CCC=C(C)CCC=C(C)C.O=CO. The Morgan fingerprint density at radius 1 is 1.21 bits per heavy atom. The minimum absolute atomic E-state index is 0.250. The third-order valence-corrected chi connectivity index (χ3v) is 2.67. The number of rotatable bonds is 7. The van der Waals surface area contributed by atoms with Gasteiger partial charge >= 0.3 is 0 Å². The van der Waals surface area contributed by atoms with E-state index in [9.17, 15) is 5.11 Å². The second-order valence-corrected chi connectivity index (χ2v) is 5.08. The lowest BCUT2D eigenvalue weighted by Gasteiger charge is -2.16. The van der Waals surface area contributed by atoms with Crippen LogP contribution in [0.1, 0.15) is 53.4 Å². The summed E-state index contributed by atoms with van der Waals surface area (Å²) in [5.74, 6) is 0. The monoisotopic (exact) mass is 268 g/mol. The molecule has 0 aromatic rings. The van der Waals surface area contributed by atoms with Gasteiger partial charge in [0.15, 0.2) is 0 Å². The van der Waals surface area contributed by atoms with E-state index in [0.29, 0.717) is 0 Å². The normalized spacial score (nSPS) is 13.6. The maximum Gasteiger partial charge on any atom is 0.290 e. The second-order valence-electron chi connectivity index (χ2n) is 5.08. The van der Waals surface area contributed by atoms with Crippen molar-refractivity contribution in [1.29, 1.82) is 0 Å². The summed E-state index contributed by atoms with van der Waals surface area (Å²) in [6, 6.07) is 0. The van der Waals surface area contributed by atoms with E-state index >= 15 is 0 Å². The van der Waals surface area contributed by atoms with Gasteiger partial charge in [0.25, 0.3) is 6.47 Å². The molecule has 0 heterocycles. The quantitative estimate of drug-likeness (QED) is 0.540. The Morgan fingerprint density at radius 2 is 1.74 bits per heavy atom. The molecule has 0 aliphatic heterocycles. The van der Waals surface area contributed by atoms with Crippen molar-refractivity contribution in [2.75, 3.05) is 0 Å². The largest absolute Gasteiger partial charge is 0.483 e. The number of carboxylic acid groups (broad SMARTS) is 1. The molecule has 3 nitrogen and oxygen atoms in total. The van der Waals surface area contributed by atoms with Crippen LogP contribution in [0.4, 0.5) is 0 Å². The zero-order valence-electron chi connectivity index (χ0n) is 12.6. The van der Waals surface area contributed by atoms with Crippen LogP contribution in [-0.2, 0) is 4.79 Å². The number of allylic oxidation sites excluding steroid dienone is 4. The Balaban J connectivity index is 0. The van der Waals surface area contributed by atoms with Crippen molar-refractivity contribution in [2.45, 2.75) is 59.0 Å². The van der Waals surface area contributed by atoms with Gasteiger partial charge in [-0.3, -0.25) is 4.79 Å². The second kappa shape index (κ2) is 11.7. The van der Waals surface area contributed by atoms with Gasteiger partial charge in [0.1, 0.15) is 0 Å². The van der Waals surface area contributed by atoms with Crippen LogP contribution in [0.3, 0.4) is 0 Å². The molecule has 0 saturated carbocycles. The number of carbonyl (C=O) groups is 1. The molecule has 0 saturated heterocycles. The lowest BCUT2D eigenvalue weighted by molar-refractivity contribution is -0.122. The zero-order valence-corrected chi connectivity index (χ0v) is 12.6. The molecule has 0 spiro atoms. The average Bonchev–Trinajstić information content (AvgIpc) is 2.29. The molecule has 0 aliphatic carbocycles. The van der Waals surface area contributed by atoms with Crippen molar-refractivity contribution in [1.82, 2.24) is 0 Å². The summed E-state index contributed by atoms with van der Waals surface area (Å²) in [4.78, 5) is 8.36. The van der Waals surface area contributed by atoms with E-state index in [2.05, 4.69) is 39.5 Å². The molecule has 0 aliphatic rings. The summed E-state index contributed by atoms with van der Waals surface area (Å²) in [5, 5.41) is 16.6. The number of hydrogen-bond donors (Lipinski definition) is 2. The molecule has 3 heteroatoms. The van der Waals surface area contributed by atoms with Gasteiger partial charge in [0.05, 0.1) is 5.60 Å². The van der Waals surface area contributed by atoms with Crippen LogP contribution in [0.2, 0.25) is 0 Å². The molecule has 0 aromatic heterocycles. The zero-order chi connectivity index (χ0) is 15.3. The summed E-state index contributed by atoms with van der Waals surface area (Å²) in [6.07, 6.45) is 9.98. The van der Waals surface area contributed by atoms with Crippen molar-refractivity contribution >= 4 is 6.47 Å². The molecule has 2 N–H and O–H groups in total. The Labute approximate surface area is 117 Å². The summed E-state index contributed by atoms with van der Waals surface area (Å²) >= 11 is 0. The molecular weight excluding hydrogens is 240 g/mol. The van der Waals surface area contributed by atoms with Crippen molar-refractivity contribution in [2.24, 2.45) is 0 Å². The highest BCUT2D eigenvalue weighted by atomic mass is 16.3. The van der Waals surface area contributed by atoms with Crippen molar-refractivity contribution in [3.8, 4) is 0 Å². The molecule has 1 atom stereocenters. The molecular formula is C16H28O3. The molecule has 19 heavy (non-hydrogen) atoms. The summed E-state index contributed by atoms with van der Waals surface area (Å²) in [7, 11) is 0. The summed E-state index contributed by atoms with van der Waals surface area (Å²) in [6.45, 7) is 11.6. The number of hydrogen-bond acceptors (Lipinski definition) is 2. The molecule has 0 fully saturated rings. The van der Waals surface area contributed by atoms with E-state index in [-0.39, 0.29) is 6.47 Å². The van der Waals surface area contributed by atoms with Crippen LogP contribution < -0.4 is 0 Å². The van der Waals surface area contributed by atoms with Crippen molar-refractivity contribution in [3.63, 3.8) is 0 Å². The van der Waals surface area contributed by atoms with Crippen LogP contribution in [-0.4, -0.2) is 22.3 Å². The van der Waals surface area contributed by atoms with Gasteiger partial charge in [-0.25, -0.2) is 0 Å². The van der Waals surface area contributed by atoms with E-state index in [0.717, 1.165) is 25.7 Å². The molecule has 0 radical (unpaired) electrons. The Bertz CT molecular complexity index is 308. The first kappa shape index (κ1) is 20.0. The topological polar surface area (TPSA) is 57.5 Å². The van der Waals surface area contributed by atoms with Crippen molar-refractivity contribution < 1.29 is 15.0 Å². The lowest BCUT2D eigenvalue weighted by Crippen LogP contribution is -2.19. The van der Waals surface area contributed by atoms with Crippen LogP contribution in [0.25, 0.3) is 0 Å². The smallest absolute Gasteiger partial charge is 0.290 e. The standard InChI is InChI=1S/C15H26O.CH2O2/c1-6-15(5,16)12-8-11-14(4)10-7-9-13(2)3;2-1-3/h6,9,11,16H,1,7-8,10,12H2,2-5H3;1H,(H,2,3). The molecule has 0 rings (SSSR count). The Kier molecular flexibility index (Phi) is 12.3. The lowest BCUT2D eigenvalue weighted by atomic mass is 9.99. The number of aliphatic hydroxyl groups is 1. The highest BCUT2D eigenvalue weighted by molar-refractivity contribution is 5.32. The van der Waals surface area contributed by atoms with Gasteiger partial charge in [-0.1, -0.05) is 29.4 Å². The van der Waals surface area contributed by atoms with Gasteiger partial charge in [-0.05, 0) is 53.4 Å². The van der Waals surface area contributed by atoms with E-state index in [1.165, 1.54) is 11.1 Å². The summed E-state index contributed by atoms with van der Waals surface area (Å²) in [5.41, 5.74) is 2.05. The van der Waals surface area contributed by atoms with E-state index in [1.54, 1.807) is 13.0 Å². The van der Waals surface area contributed by atoms with Gasteiger partial charge in [-0.2, -0.15) is 0 Å². The Hall–Kier alpha value is -1.35. The first-order valence-electron chi connectivity index (χ1n) is 6.52. The first-order chi connectivity index (χ1) is 8.79. The van der Waals surface area contributed by atoms with E-state index in [1.807, 2.05) is 0 Å². The fourth-order valence-corrected chi connectivity index (χ4v) is 1.40. The van der Waals surface area contributed by atoms with Crippen molar-refractivity contribution in [3.05, 3.63) is 36.0 Å². The van der Waals surface area contributed by atoms with E-state index in [4.69, 9.17) is 9.90 Å². The molecule has 1 unspecified atom stereocenters. The average molecular weight is 268 g/mol. The fraction of sp³-hybridized carbons (Fsp3) is 0.562. The predicted octanol–water partition coefficient (Wildman–Crippen LogP) is 4.10. The van der Waals surface area contributed by atoms with Gasteiger partial charge in [0.2, 0.25) is 0 Å². The third-order valence-electron chi connectivity index (χ3n) is 2.67. The van der Waals surface area contributed by atoms with Crippen LogP contribution in [0.5, 0.6) is 0 Å². The predicted molar refractivity (Wildman–Crippen MR) is 81.2 cm³/mol. The Morgan fingerprint density at radius 3 is 2.16 bits per heavy atom. The first-order valence-corrected chi connectivity index (χ1v) is 6.52. The highest BCUT2D eigenvalue weighted by Gasteiger charge is 2.12. The molecule has 110 valence electrons. The minimum Gasteiger partial charge on any atom is -0.483 e. The maximum atomic E-state index is 9.73. The van der Waals surface area contributed by atoms with Gasteiger partial charge in [0, 0.05) is 0 Å². The van der Waals surface area contributed by atoms with Crippen LogP contribution >= 0.6 is 0 Å². The molecule has 0 amide bonds. The fourth-order valence-electron chi connectivity index (χ4n) is 1.40. The van der Waals surface area contributed by atoms with Crippen LogP contribution in [0, 0.1) is 0 Å².